The Morgan fingerprint density at radius 3 is 2.35 bits per heavy atom. The van der Waals surface area contributed by atoms with Crippen LogP contribution < -0.4 is 5.73 Å². The molecule has 17 heavy (non-hydrogen) atoms. The first-order valence-electron chi connectivity index (χ1n) is 5.52. The summed E-state index contributed by atoms with van der Waals surface area (Å²) in [7, 11) is 0. The Morgan fingerprint density at radius 2 is 1.76 bits per heavy atom. The van der Waals surface area contributed by atoms with Gasteiger partial charge >= 0.3 is 0 Å². The number of carbonyl (C=O) groups excluding carboxylic acids is 2. The van der Waals surface area contributed by atoms with Crippen LogP contribution in [-0.2, 0) is 0 Å². The first-order chi connectivity index (χ1) is 8.11. The molecule has 1 heterocycles. The van der Waals surface area contributed by atoms with Gasteiger partial charge in [0.1, 0.15) is 5.75 Å². The predicted molar refractivity (Wildman–Crippen MR) is 61.8 cm³/mol. The van der Waals surface area contributed by atoms with Gasteiger partial charge < -0.3 is 15.7 Å². The molecule has 0 radical (unpaired) electrons. The fourth-order valence-electron chi connectivity index (χ4n) is 2.01. The number of amides is 2. The van der Waals surface area contributed by atoms with Crippen LogP contribution in [0.2, 0.25) is 0 Å². The average Bonchev–Trinajstić information content (AvgIpc) is 2.81. The molecule has 5 nitrogen and oxygen atoms in total. The monoisotopic (exact) mass is 234 g/mol. The Kier molecular flexibility index (Phi) is 2.99. The maximum Gasteiger partial charge on any atom is 0.257 e. The van der Waals surface area contributed by atoms with E-state index in [0.717, 1.165) is 12.8 Å². The number of para-hydroxylation sites is 1. The van der Waals surface area contributed by atoms with Crippen molar-refractivity contribution in [2.45, 2.75) is 12.8 Å². The minimum Gasteiger partial charge on any atom is -0.506 e. The van der Waals surface area contributed by atoms with E-state index in [2.05, 4.69) is 0 Å². The van der Waals surface area contributed by atoms with Gasteiger partial charge in [-0.05, 0) is 25.0 Å². The second-order valence-corrected chi connectivity index (χ2v) is 4.07. The number of carbonyl (C=O) groups is 2. The quantitative estimate of drug-likeness (QED) is 0.791. The zero-order valence-electron chi connectivity index (χ0n) is 9.35. The van der Waals surface area contributed by atoms with Gasteiger partial charge in [0.2, 0.25) is 0 Å². The molecule has 0 atom stereocenters. The number of likely N-dealkylation sites (tertiary alicyclic amines) is 1. The van der Waals surface area contributed by atoms with Crippen molar-refractivity contribution in [3.05, 3.63) is 29.3 Å². The van der Waals surface area contributed by atoms with Gasteiger partial charge in [0.25, 0.3) is 11.8 Å². The third kappa shape index (κ3) is 2.08. The van der Waals surface area contributed by atoms with Crippen molar-refractivity contribution in [3.8, 4) is 5.75 Å². The molecule has 0 saturated carbocycles. The number of primary amides is 1. The Labute approximate surface area is 98.8 Å². The number of aromatic hydroxyl groups is 1. The van der Waals surface area contributed by atoms with E-state index in [0.29, 0.717) is 13.1 Å². The average molecular weight is 234 g/mol. The van der Waals surface area contributed by atoms with Crippen LogP contribution in [0.4, 0.5) is 0 Å². The number of nitrogens with two attached hydrogens (primary N) is 1. The van der Waals surface area contributed by atoms with Crippen LogP contribution in [0.5, 0.6) is 5.75 Å². The van der Waals surface area contributed by atoms with Crippen LogP contribution in [0.15, 0.2) is 18.2 Å². The summed E-state index contributed by atoms with van der Waals surface area (Å²) >= 11 is 0. The van der Waals surface area contributed by atoms with Gasteiger partial charge in [-0.1, -0.05) is 6.07 Å². The minimum absolute atomic E-state index is 0.0185. The lowest BCUT2D eigenvalue weighted by atomic mass is 10.1. The standard InChI is InChI=1S/C12H14N2O3/c13-11(16)8-4-3-5-9(10(8)15)12(17)14-6-1-2-7-14/h3-5,15H,1-2,6-7H2,(H2,13,16). The number of rotatable bonds is 2. The van der Waals surface area contributed by atoms with Gasteiger partial charge in [-0.3, -0.25) is 9.59 Å². The van der Waals surface area contributed by atoms with Gasteiger partial charge in [-0.25, -0.2) is 0 Å². The molecule has 5 heteroatoms. The maximum atomic E-state index is 12.1. The van der Waals surface area contributed by atoms with Crippen LogP contribution in [-0.4, -0.2) is 34.9 Å². The molecule has 1 aliphatic heterocycles. The van der Waals surface area contributed by atoms with Gasteiger partial charge in [0.05, 0.1) is 11.1 Å². The van der Waals surface area contributed by atoms with E-state index in [1.54, 1.807) is 11.0 Å². The van der Waals surface area contributed by atoms with Crippen LogP contribution >= 0.6 is 0 Å². The molecular weight excluding hydrogens is 220 g/mol. The van der Waals surface area contributed by atoms with Gasteiger partial charge in [0.15, 0.2) is 0 Å². The molecule has 1 aliphatic rings. The molecule has 0 aliphatic carbocycles. The maximum absolute atomic E-state index is 12.1. The third-order valence-corrected chi connectivity index (χ3v) is 2.93. The van der Waals surface area contributed by atoms with Crippen LogP contribution in [0.25, 0.3) is 0 Å². The molecule has 0 unspecified atom stereocenters. The van der Waals surface area contributed by atoms with Crippen molar-refractivity contribution in [1.29, 1.82) is 0 Å². The summed E-state index contributed by atoms with van der Waals surface area (Å²) in [6.07, 6.45) is 1.95. The third-order valence-electron chi connectivity index (χ3n) is 2.93. The summed E-state index contributed by atoms with van der Waals surface area (Å²) in [5.74, 6) is -1.31. The van der Waals surface area contributed by atoms with Gasteiger partial charge in [-0.15, -0.1) is 0 Å². The fraction of sp³-hybridized carbons (Fsp3) is 0.333. The Morgan fingerprint density at radius 1 is 1.18 bits per heavy atom. The number of hydrogen-bond donors (Lipinski definition) is 2. The predicted octanol–water partition coefficient (Wildman–Crippen LogP) is 0.727. The normalized spacial score (nSPS) is 14.9. The van der Waals surface area contributed by atoms with Crippen LogP contribution in [0.3, 0.4) is 0 Å². The Balaban J connectivity index is 2.35. The summed E-state index contributed by atoms with van der Waals surface area (Å²) in [4.78, 5) is 24.8. The molecule has 1 saturated heterocycles. The topological polar surface area (TPSA) is 83.6 Å². The lowest BCUT2D eigenvalue weighted by molar-refractivity contribution is 0.0790. The molecule has 3 N–H and O–H groups in total. The molecule has 1 fully saturated rings. The van der Waals surface area contributed by atoms with Crippen molar-refractivity contribution < 1.29 is 14.7 Å². The summed E-state index contributed by atoms with van der Waals surface area (Å²) < 4.78 is 0. The smallest absolute Gasteiger partial charge is 0.257 e. The summed E-state index contributed by atoms with van der Waals surface area (Å²) in [6.45, 7) is 1.39. The number of phenols is 1. The first kappa shape index (κ1) is 11.4. The zero-order chi connectivity index (χ0) is 12.4. The van der Waals surface area contributed by atoms with Gasteiger partial charge in [-0.2, -0.15) is 0 Å². The highest BCUT2D eigenvalue weighted by molar-refractivity contribution is 6.03. The summed E-state index contributed by atoms with van der Waals surface area (Å²) in [6, 6.07) is 4.45. The van der Waals surface area contributed by atoms with E-state index in [-0.39, 0.29) is 22.8 Å². The Bertz CT molecular complexity index is 465. The van der Waals surface area contributed by atoms with E-state index < -0.39 is 5.91 Å². The summed E-state index contributed by atoms with van der Waals surface area (Å²) in [5.41, 5.74) is 5.24. The van der Waals surface area contributed by atoms with Crippen LogP contribution in [0.1, 0.15) is 33.6 Å². The lowest BCUT2D eigenvalue weighted by Gasteiger charge is -2.16. The van der Waals surface area contributed by atoms with E-state index in [4.69, 9.17) is 5.73 Å². The number of nitrogens with zero attached hydrogens (tertiary/aromatic N) is 1. The number of hydrogen-bond acceptors (Lipinski definition) is 3. The largest absolute Gasteiger partial charge is 0.506 e. The van der Waals surface area contributed by atoms with Crippen molar-refractivity contribution in [3.63, 3.8) is 0 Å². The molecule has 1 aromatic rings. The molecule has 0 aromatic heterocycles. The van der Waals surface area contributed by atoms with E-state index in [1.807, 2.05) is 0 Å². The number of benzene rings is 1. The second-order valence-electron chi connectivity index (χ2n) is 4.07. The molecule has 90 valence electrons. The van der Waals surface area contributed by atoms with E-state index >= 15 is 0 Å². The molecule has 2 rings (SSSR count). The van der Waals surface area contributed by atoms with E-state index in [1.165, 1.54) is 12.1 Å². The highest BCUT2D eigenvalue weighted by Gasteiger charge is 2.23. The van der Waals surface area contributed by atoms with Crippen LogP contribution in [0, 0.1) is 0 Å². The SMILES string of the molecule is NC(=O)c1cccc(C(=O)N2CCCC2)c1O. The van der Waals surface area contributed by atoms with Crippen molar-refractivity contribution in [1.82, 2.24) is 4.90 Å². The highest BCUT2D eigenvalue weighted by Crippen LogP contribution is 2.24. The van der Waals surface area contributed by atoms with E-state index in [9.17, 15) is 14.7 Å². The zero-order valence-corrected chi connectivity index (χ0v) is 9.35. The fourth-order valence-corrected chi connectivity index (χ4v) is 2.01. The second kappa shape index (κ2) is 4.45. The molecule has 0 spiro atoms. The molecule has 0 bridgehead atoms. The van der Waals surface area contributed by atoms with Gasteiger partial charge in [0, 0.05) is 13.1 Å². The Hall–Kier alpha value is -2.04. The van der Waals surface area contributed by atoms with Crippen molar-refractivity contribution in [2.24, 2.45) is 5.73 Å². The summed E-state index contributed by atoms with van der Waals surface area (Å²) in [5, 5.41) is 9.84. The molecule has 2 amide bonds. The lowest BCUT2D eigenvalue weighted by Crippen LogP contribution is -2.28. The minimum atomic E-state index is -0.737. The first-order valence-corrected chi connectivity index (χ1v) is 5.52. The molecule has 1 aromatic carbocycles. The highest BCUT2D eigenvalue weighted by atomic mass is 16.3. The molecular formula is C12H14N2O3. The van der Waals surface area contributed by atoms with Crippen molar-refractivity contribution >= 4 is 11.8 Å². The van der Waals surface area contributed by atoms with Crippen molar-refractivity contribution in [2.75, 3.05) is 13.1 Å².